The number of hydrogen-bond acceptors (Lipinski definition) is 2. The van der Waals surface area contributed by atoms with E-state index in [1.54, 1.807) is 36.4 Å². The normalized spacial score (nSPS) is 10.9. The first kappa shape index (κ1) is 15.7. The Balaban J connectivity index is 2.19. The smallest absolute Gasteiger partial charge is 0.352 e. The number of benzene rings is 2. The van der Waals surface area contributed by atoms with Gasteiger partial charge in [-0.3, -0.25) is 4.79 Å². The number of fused-ring (bicyclic) bond motifs is 1. The SMILES string of the molecule is O=C(O)CCc1c(C(=O)O)[nH]c2c(F)c(-c3ccccc3)ccc12. The monoisotopic (exact) mass is 327 g/mol. The van der Waals surface area contributed by atoms with Crippen molar-refractivity contribution in [2.45, 2.75) is 12.8 Å². The van der Waals surface area contributed by atoms with Gasteiger partial charge in [0, 0.05) is 17.4 Å². The number of aliphatic carboxylic acids is 1. The lowest BCUT2D eigenvalue weighted by Gasteiger charge is -2.05. The van der Waals surface area contributed by atoms with Gasteiger partial charge in [-0.25, -0.2) is 9.18 Å². The van der Waals surface area contributed by atoms with Gasteiger partial charge in [0.15, 0.2) is 5.82 Å². The topological polar surface area (TPSA) is 90.4 Å². The number of nitrogens with one attached hydrogen (secondary N) is 1. The van der Waals surface area contributed by atoms with Crippen molar-refractivity contribution in [2.75, 3.05) is 0 Å². The summed E-state index contributed by atoms with van der Waals surface area (Å²) in [4.78, 5) is 24.8. The highest BCUT2D eigenvalue weighted by Gasteiger charge is 2.21. The molecule has 0 fully saturated rings. The molecule has 122 valence electrons. The van der Waals surface area contributed by atoms with Crippen LogP contribution in [-0.2, 0) is 11.2 Å². The molecule has 3 N–H and O–H groups in total. The fourth-order valence-electron chi connectivity index (χ4n) is 2.80. The Bertz CT molecular complexity index is 931. The average Bonchev–Trinajstić information content (AvgIpc) is 2.94. The van der Waals surface area contributed by atoms with Crippen LogP contribution in [0.25, 0.3) is 22.0 Å². The maximum Gasteiger partial charge on any atom is 0.352 e. The van der Waals surface area contributed by atoms with Gasteiger partial charge in [-0.1, -0.05) is 42.5 Å². The van der Waals surface area contributed by atoms with E-state index in [2.05, 4.69) is 4.98 Å². The van der Waals surface area contributed by atoms with Crippen LogP contribution in [0, 0.1) is 5.82 Å². The molecule has 3 rings (SSSR count). The van der Waals surface area contributed by atoms with E-state index in [0.717, 1.165) is 0 Å². The largest absolute Gasteiger partial charge is 0.481 e. The second-order valence-electron chi connectivity index (χ2n) is 5.39. The highest BCUT2D eigenvalue weighted by Crippen LogP contribution is 2.32. The minimum Gasteiger partial charge on any atom is -0.481 e. The van der Waals surface area contributed by atoms with E-state index in [1.165, 1.54) is 0 Å². The molecule has 0 amide bonds. The third-order valence-corrected chi connectivity index (χ3v) is 3.91. The maximum atomic E-state index is 14.9. The van der Waals surface area contributed by atoms with Gasteiger partial charge in [0.2, 0.25) is 0 Å². The third-order valence-electron chi connectivity index (χ3n) is 3.91. The van der Waals surface area contributed by atoms with E-state index in [4.69, 9.17) is 5.11 Å². The van der Waals surface area contributed by atoms with Crippen molar-refractivity contribution in [3.63, 3.8) is 0 Å². The second-order valence-corrected chi connectivity index (χ2v) is 5.39. The van der Waals surface area contributed by atoms with Crippen molar-refractivity contribution in [3.8, 4) is 11.1 Å². The van der Waals surface area contributed by atoms with Gasteiger partial charge < -0.3 is 15.2 Å². The summed E-state index contributed by atoms with van der Waals surface area (Å²) in [6.07, 6.45) is -0.212. The number of aryl methyl sites for hydroxylation is 1. The molecule has 0 spiro atoms. The van der Waals surface area contributed by atoms with Gasteiger partial charge in [0.1, 0.15) is 5.69 Å². The molecule has 0 radical (unpaired) electrons. The molecule has 1 heterocycles. The molecule has 0 atom stereocenters. The summed E-state index contributed by atoms with van der Waals surface area (Å²) in [7, 11) is 0. The van der Waals surface area contributed by atoms with Crippen LogP contribution in [0.5, 0.6) is 0 Å². The van der Waals surface area contributed by atoms with Gasteiger partial charge >= 0.3 is 11.9 Å². The first-order valence-corrected chi connectivity index (χ1v) is 7.32. The summed E-state index contributed by atoms with van der Waals surface area (Å²) in [6, 6.07) is 12.1. The summed E-state index contributed by atoms with van der Waals surface area (Å²) < 4.78 is 14.9. The molecular formula is C18H14FNO4. The lowest BCUT2D eigenvalue weighted by Crippen LogP contribution is -2.04. The molecule has 0 aliphatic heterocycles. The number of rotatable bonds is 5. The zero-order valence-electron chi connectivity index (χ0n) is 12.5. The second kappa shape index (κ2) is 6.16. The van der Waals surface area contributed by atoms with Crippen LogP contribution in [0.1, 0.15) is 22.5 Å². The van der Waals surface area contributed by atoms with Gasteiger partial charge in [0.25, 0.3) is 0 Å². The standard InChI is InChI=1S/C18H14FNO4/c19-15-11(10-4-2-1-3-5-10)6-7-12-13(8-9-14(21)22)17(18(23)24)20-16(12)15/h1-7,20H,8-9H2,(H,21,22)(H,23,24). The Labute approximate surface area is 136 Å². The summed E-state index contributed by atoms with van der Waals surface area (Å²) >= 11 is 0. The summed E-state index contributed by atoms with van der Waals surface area (Å²) in [5.74, 6) is -2.84. The molecule has 0 saturated carbocycles. The number of hydrogen-bond donors (Lipinski definition) is 3. The molecule has 0 unspecified atom stereocenters. The molecule has 0 aliphatic carbocycles. The van der Waals surface area contributed by atoms with Crippen molar-refractivity contribution >= 4 is 22.8 Å². The summed E-state index contributed by atoms with van der Waals surface area (Å²) in [6.45, 7) is 0. The molecule has 1 aromatic heterocycles. The maximum absolute atomic E-state index is 14.9. The van der Waals surface area contributed by atoms with E-state index in [1.807, 2.05) is 6.07 Å². The zero-order valence-corrected chi connectivity index (χ0v) is 12.5. The minimum atomic E-state index is -1.24. The summed E-state index contributed by atoms with van der Waals surface area (Å²) in [5, 5.41) is 18.5. The highest BCUT2D eigenvalue weighted by atomic mass is 19.1. The van der Waals surface area contributed by atoms with Crippen LogP contribution in [-0.4, -0.2) is 27.1 Å². The van der Waals surface area contributed by atoms with Crippen LogP contribution in [0.2, 0.25) is 0 Å². The van der Waals surface area contributed by atoms with E-state index < -0.39 is 17.8 Å². The summed E-state index contributed by atoms with van der Waals surface area (Å²) in [5.41, 5.74) is 1.24. The number of aromatic nitrogens is 1. The van der Waals surface area contributed by atoms with Crippen LogP contribution < -0.4 is 0 Å². The van der Waals surface area contributed by atoms with Crippen molar-refractivity contribution in [1.82, 2.24) is 4.98 Å². The van der Waals surface area contributed by atoms with Gasteiger partial charge in [-0.2, -0.15) is 0 Å². The lowest BCUT2D eigenvalue weighted by molar-refractivity contribution is -0.136. The molecule has 0 bridgehead atoms. The Morgan fingerprint density at radius 2 is 1.75 bits per heavy atom. The third kappa shape index (κ3) is 2.74. The van der Waals surface area contributed by atoms with Crippen molar-refractivity contribution in [2.24, 2.45) is 0 Å². The molecule has 0 aliphatic rings. The van der Waals surface area contributed by atoms with E-state index in [-0.39, 0.29) is 24.1 Å². The van der Waals surface area contributed by atoms with Crippen molar-refractivity contribution in [1.29, 1.82) is 0 Å². The van der Waals surface area contributed by atoms with Crippen LogP contribution in [0.4, 0.5) is 4.39 Å². The zero-order chi connectivity index (χ0) is 17.3. The molecule has 2 aromatic carbocycles. The Morgan fingerprint density at radius 3 is 2.38 bits per heavy atom. The highest BCUT2D eigenvalue weighted by molar-refractivity contribution is 5.99. The quantitative estimate of drug-likeness (QED) is 0.666. The number of carboxylic acids is 2. The molecule has 3 aromatic rings. The van der Waals surface area contributed by atoms with E-state index in [0.29, 0.717) is 22.1 Å². The van der Waals surface area contributed by atoms with Crippen LogP contribution in [0.3, 0.4) is 0 Å². The predicted molar refractivity (Wildman–Crippen MR) is 86.6 cm³/mol. The Morgan fingerprint density at radius 1 is 1.04 bits per heavy atom. The fourth-order valence-corrected chi connectivity index (χ4v) is 2.80. The fraction of sp³-hybridized carbons (Fsp3) is 0.111. The number of aromatic amines is 1. The first-order chi connectivity index (χ1) is 11.5. The molecule has 5 nitrogen and oxygen atoms in total. The van der Waals surface area contributed by atoms with Crippen molar-refractivity contribution in [3.05, 3.63) is 59.5 Å². The number of carboxylic acid groups (broad SMARTS) is 2. The van der Waals surface area contributed by atoms with Gasteiger partial charge in [-0.05, 0) is 17.5 Å². The van der Waals surface area contributed by atoms with Crippen molar-refractivity contribution < 1.29 is 24.2 Å². The van der Waals surface area contributed by atoms with Gasteiger partial charge in [-0.15, -0.1) is 0 Å². The lowest BCUT2D eigenvalue weighted by atomic mass is 10.0. The molecular weight excluding hydrogens is 313 g/mol. The number of H-pyrrole nitrogens is 1. The molecule has 24 heavy (non-hydrogen) atoms. The average molecular weight is 327 g/mol. The molecule has 0 saturated heterocycles. The van der Waals surface area contributed by atoms with Gasteiger partial charge in [0.05, 0.1) is 5.52 Å². The number of aromatic carboxylic acids is 1. The minimum absolute atomic E-state index is 0.0150. The number of halogens is 1. The Hall–Kier alpha value is -3.15. The number of carbonyl (C=O) groups is 2. The van der Waals surface area contributed by atoms with Crippen LogP contribution in [0.15, 0.2) is 42.5 Å². The van der Waals surface area contributed by atoms with E-state index >= 15 is 0 Å². The van der Waals surface area contributed by atoms with E-state index in [9.17, 15) is 19.1 Å². The first-order valence-electron chi connectivity index (χ1n) is 7.32. The predicted octanol–water partition coefficient (Wildman–Crippen LogP) is 3.69. The van der Waals surface area contributed by atoms with Crippen LogP contribution >= 0.6 is 0 Å². The Kier molecular flexibility index (Phi) is 4.04. The molecule has 6 heteroatoms.